The number of hydrogen-bond acceptors (Lipinski definition) is 4. The van der Waals surface area contributed by atoms with E-state index in [0.29, 0.717) is 24.1 Å². The summed E-state index contributed by atoms with van der Waals surface area (Å²) in [6.45, 7) is 0. The molecule has 2 fully saturated rings. The Morgan fingerprint density at radius 1 is 1.03 bits per heavy atom. The maximum Gasteiger partial charge on any atom is 0.573 e. The minimum Gasteiger partial charge on any atom is -0.481 e. The highest BCUT2D eigenvalue weighted by atomic mass is 19.4. The second kappa shape index (κ2) is 9.92. The van der Waals surface area contributed by atoms with Crippen molar-refractivity contribution in [2.24, 2.45) is 5.92 Å². The number of anilines is 1. The molecule has 0 radical (unpaired) electrons. The Bertz CT molecular complexity index is 1260. The first kappa shape index (κ1) is 26.0. The second-order valence-electron chi connectivity index (χ2n) is 9.99. The number of halogens is 4. The average molecular weight is 535 g/mol. The second-order valence-corrected chi connectivity index (χ2v) is 9.99. The van der Waals surface area contributed by atoms with E-state index in [9.17, 15) is 31.9 Å². The fraction of sp³-hybridized carbons (Fsp3) is 0.444. The molecule has 0 unspecified atom stereocenters. The summed E-state index contributed by atoms with van der Waals surface area (Å²) < 4.78 is 56.9. The molecule has 38 heavy (non-hydrogen) atoms. The summed E-state index contributed by atoms with van der Waals surface area (Å²) in [5, 5.41) is 9.10. The van der Waals surface area contributed by atoms with E-state index in [1.807, 2.05) is 0 Å². The molecule has 0 bridgehead atoms. The Morgan fingerprint density at radius 3 is 2.47 bits per heavy atom. The van der Waals surface area contributed by atoms with Gasteiger partial charge in [-0.2, -0.15) is 0 Å². The molecule has 11 heteroatoms. The van der Waals surface area contributed by atoms with Gasteiger partial charge in [0.25, 0.3) is 5.91 Å². The Labute approximate surface area is 216 Å². The number of carbonyl (C=O) groups is 3. The zero-order chi connectivity index (χ0) is 27.2. The maximum atomic E-state index is 14.6. The minimum absolute atomic E-state index is 0.0114. The first-order valence-electron chi connectivity index (χ1n) is 12.6. The molecular weight excluding hydrogens is 508 g/mol. The Morgan fingerprint density at radius 2 is 1.79 bits per heavy atom. The molecule has 3 aliphatic rings. The lowest BCUT2D eigenvalue weighted by Gasteiger charge is -2.48. The van der Waals surface area contributed by atoms with Gasteiger partial charge in [0.05, 0.1) is 12.5 Å². The molecule has 1 aliphatic heterocycles. The predicted octanol–water partition coefficient (Wildman–Crippen LogP) is 5.45. The SMILES string of the molecule is O=C(O)CCC(=O)N(C1CC1)[C@H]1c2cc(F)ccc2N(C(=O)c2cccc(OC(F)(F)F)c2)[C@H]2CCC[C@@H]21. The summed E-state index contributed by atoms with van der Waals surface area (Å²) in [7, 11) is 0. The Balaban J connectivity index is 1.55. The third-order valence-corrected chi connectivity index (χ3v) is 7.45. The van der Waals surface area contributed by atoms with Gasteiger partial charge in [-0.25, -0.2) is 4.39 Å². The van der Waals surface area contributed by atoms with Gasteiger partial charge in [0, 0.05) is 41.2 Å². The van der Waals surface area contributed by atoms with Crippen LogP contribution in [0.1, 0.15) is 66.9 Å². The summed E-state index contributed by atoms with van der Waals surface area (Å²) >= 11 is 0. The van der Waals surface area contributed by atoms with Crippen molar-refractivity contribution < 1.29 is 41.8 Å². The topological polar surface area (TPSA) is 87.2 Å². The summed E-state index contributed by atoms with van der Waals surface area (Å²) in [5.41, 5.74) is 0.825. The number of benzene rings is 2. The Kier molecular flexibility index (Phi) is 6.79. The highest BCUT2D eigenvalue weighted by molar-refractivity contribution is 6.07. The number of alkyl halides is 3. The number of fused-ring (bicyclic) bond motifs is 2. The van der Waals surface area contributed by atoms with Gasteiger partial charge in [0.15, 0.2) is 0 Å². The van der Waals surface area contributed by atoms with Gasteiger partial charge in [-0.1, -0.05) is 12.5 Å². The quantitative estimate of drug-likeness (QED) is 0.478. The van der Waals surface area contributed by atoms with Crippen molar-refractivity contribution in [2.75, 3.05) is 4.90 Å². The third kappa shape index (κ3) is 5.19. The lowest BCUT2D eigenvalue weighted by Crippen LogP contribution is -2.53. The predicted molar refractivity (Wildman–Crippen MR) is 127 cm³/mol. The standard InChI is InChI=1S/C27H26F4N2O5/c28-16-7-10-22-20(14-16)25(32(17-8-9-17)23(34)11-12-24(35)36)19-5-2-6-21(19)33(22)26(37)15-3-1-4-18(13-15)38-27(29,30)31/h1,3-4,7,10,13-14,17,19,21,25H,2,5-6,8-9,11-12H2,(H,35,36)/t19-,21-,25+/m0/s1. The van der Waals surface area contributed by atoms with Crippen LogP contribution < -0.4 is 9.64 Å². The summed E-state index contributed by atoms with van der Waals surface area (Å²) in [6, 6.07) is 7.82. The fourth-order valence-corrected chi connectivity index (χ4v) is 5.91. The van der Waals surface area contributed by atoms with Crippen molar-refractivity contribution in [2.45, 2.75) is 69.4 Å². The van der Waals surface area contributed by atoms with Crippen molar-refractivity contribution in [1.29, 1.82) is 0 Å². The number of carboxylic acids is 1. The van der Waals surface area contributed by atoms with Crippen LogP contribution in [0.25, 0.3) is 0 Å². The van der Waals surface area contributed by atoms with Gasteiger partial charge in [0.2, 0.25) is 5.91 Å². The molecule has 0 spiro atoms. The minimum atomic E-state index is -4.92. The number of hydrogen-bond donors (Lipinski definition) is 1. The molecule has 1 heterocycles. The van der Waals surface area contributed by atoms with Gasteiger partial charge in [-0.15, -0.1) is 13.2 Å². The largest absolute Gasteiger partial charge is 0.573 e. The zero-order valence-corrected chi connectivity index (χ0v) is 20.3. The molecule has 1 N–H and O–H groups in total. The average Bonchev–Trinajstić information content (AvgIpc) is 3.57. The molecule has 202 valence electrons. The maximum absolute atomic E-state index is 14.6. The van der Waals surface area contributed by atoms with Crippen molar-refractivity contribution in [1.82, 2.24) is 4.90 Å². The number of aliphatic carboxylic acids is 1. The van der Waals surface area contributed by atoms with E-state index in [0.717, 1.165) is 31.4 Å². The summed E-state index contributed by atoms with van der Waals surface area (Å²) in [4.78, 5) is 41.4. The van der Waals surface area contributed by atoms with Crippen LogP contribution in [0.3, 0.4) is 0 Å². The van der Waals surface area contributed by atoms with Crippen LogP contribution in [-0.4, -0.2) is 46.2 Å². The summed E-state index contributed by atoms with van der Waals surface area (Å²) in [5.74, 6) is -3.27. The van der Waals surface area contributed by atoms with Crippen LogP contribution in [0.4, 0.5) is 23.2 Å². The monoisotopic (exact) mass is 534 g/mol. The van der Waals surface area contributed by atoms with E-state index in [1.54, 1.807) is 4.90 Å². The fourth-order valence-electron chi connectivity index (χ4n) is 5.91. The number of carbonyl (C=O) groups excluding carboxylic acids is 2. The molecule has 2 aromatic carbocycles. The van der Waals surface area contributed by atoms with Crippen molar-refractivity contribution in [3.63, 3.8) is 0 Å². The smallest absolute Gasteiger partial charge is 0.481 e. The van der Waals surface area contributed by atoms with Crippen molar-refractivity contribution in [3.05, 3.63) is 59.4 Å². The molecular formula is C27H26F4N2O5. The molecule has 2 aliphatic carbocycles. The van der Waals surface area contributed by atoms with Crippen LogP contribution in [0, 0.1) is 11.7 Å². The van der Waals surface area contributed by atoms with Crippen LogP contribution in [0.15, 0.2) is 42.5 Å². The van der Waals surface area contributed by atoms with Crippen LogP contribution in [-0.2, 0) is 9.59 Å². The highest BCUT2D eigenvalue weighted by Gasteiger charge is 2.51. The van der Waals surface area contributed by atoms with Gasteiger partial charge < -0.3 is 19.6 Å². The van der Waals surface area contributed by atoms with Gasteiger partial charge >= 0.3 is 12.3 Å². The number of rotatable bonds is 7. The van der Waals surface area contributed by atoms with Gasteiger partial charge in [-0.3, -0.25) is 14.4 Å². The van der Waals surface area contributed by atoms with E-state index >= 15 is 0 Å². The number of carboxylic acid groups (broad SMARTS) is 1. The molecule has 2 amide bonds. The molecule has 0 aromatic heterocycles. The molecule has 0 saturated heterocycles. The van der Waals surface area contributed by atoms with E-state index in [4.69, 9.17) is 5.11 Å². The van der Waals surface area contributed by atoms with Crippen molar-refractivity contribution >= 4 is 23.5 Å². The van der Waals surface area contributed by atoms with Crippen LogP contribution in [0.5, 0.6) is 5.75 Å². The first-order chi connectivity index (χ1) is 18.0. The third-order valence-electron chi connectivity index (χ3n) is 7.45. The molecule has 5 rings (SSSR count). The van der Waals surface area contributed by atoms with Crippen LogP contribution >= 0.6 is 0 Å². The van der Waals surface area contributed by atoms with E-state index in [1.165, 1.54) is 35.2 Å². The van der Waals surface area contributed by atoms with Gasteiger partial charge in [-0.05, 0) is 62.1 Å². The number of nitrogens with zero attached hydrogens (tertiary/aromatic N) is 2. The lowest BCUT2D eigenvalue weighted by molar-refractivity contribution is -0.274. The molecule has 2 aromatic rings. The first-order valence-corrected chi connectivity index (χ1v) is 12.6. The number of amides is 2. The van der Waals surface area contributed by atoms with Crippen molar-refractivity contribution in [3.8, 4) is 5.75 Å². The molecule has 2 saturated carbocycles. The van der Waals surface area contributed by atoms with E-state index in [-0.39, 0.29) is 42.3 Å². The molecule has 3 atom stereocenters. The highest BCUT2D eigenvalue weighted by Crippen LogP contribution is 2.53. The van der Waals surface area contributed by atoms with Gasteiger partial charge in [0.1, 0.15) is 11.6 Å². The van der Waals surface area contributed by atoms with Crippen LogP contribution in [0.2, 0.25) is 0 Å². The van der Waals surface area contributed by atoms with E-state index in [2.05, 4.69) is 4.74 Å². The number of ether oxygens (including phenoxy) is 1. The van der Waals surface area contributed by atoms with E-state index < -0.39 is 35.8 Å². The molecule has 7 nitrogen and oxygen atoms in total. The zero-order valence-electron chi connectivity index (χ0n) is 20.3. The Hall–Kier alpha value is -3.63. The summed E-state index contributed by atoms with van der Waals surface area (Å²) in [6.07, 6.45) is -1.91. The normalized spacial score (nSPS) is 22.4. The lowest BCUT2D eigenvalue weighted by atomic mass is 9.81.